The summed E-state index contributed by atoms with van der Waals surface area (Å²) < 4.78 is 52.9. The lowest BCUT2D eigenvalue weighted by Crippen LogP contribution is -2.47. The normalized spacial score (nSPS) is 22.1. The topological polar surface area (TPSA) is 23.6 Å². The number of hydrogen-bond donors (Lipinski definition) is 0. The first kappa shape index (κ1) is 18.9. The number of aryl methyl sites for hydroxylation is 1. The fraction of sp³-hybridized carbons (Fsp3) is 0.381. The minimum atomic E-state index is -4.85. The summed E-state index contributed by atoms with van der Waals surface area (Å²) in [5.74, 6) is -1.79. The predicted octanol–water partition coefficient (Wildman–Crippen LogP) is 4.60. The van der Waals surface area contributed by atoms with Crippen LogP contribution in [-0.2, 0) is 6.18 Å². The molecule has 0 aromatic heterocycles. The van der Waals surface area contributed by atoms with Crippen molar-refractivity contribution in [3.8, 4) is 0 Å². The van der Waals surface area contributed by atoms with E-state index in [1.54, 1.807) is 4.90 Å². The Labute approximate surface area is 160 Å². The number of anilines is 1. The highest BCUT2D eigenvalue weighted by molar-refractivity contribution is 6.08. The highest BCUT2D eigenvalue weighted by Gasteiger charge is 2.44. The zero-order valence-electron chi connectivity index (χ0n) is 15.6. The van der Waals surface area contributed by atoms with E-state index in [1.165, 1.54) is 0 Å². The standard InChI is InChI=1S/C21H20F4N2O/c1-12-3-6-18-14(9-12)15-11-26(2)8-7-19(15)27(18)20(28)13-4-5-17(22)16(10-13)21(23,24)25/h3-6,9-10,15,19H,7-8,11H2,1-2H3/t15-,19-/m0/s1. The van der Waals surface area contributed by atoms with Gasteiger partial charge in [-0.25, -0.2) is 4.39 Å². The van der Waals surface area contributed by atoms with E-state index in [9.17, 15) is 22.4 Å². The molecule has 0 unspecified atom stereocenters. The van der Waals surface area contributed by atoms with Gasteiger partial charge in [0.15, 0.2) is 0 Å². The van der Waals surface area contributed by atoms with Gasteiger partial charge in [-0.2, -0.15) is 13.2 Å². The lowest BCUT2D eigenvalue weighted by atomic mass is 9.88. The van der Waals surface area contributed by atoms with Crippen LogP contribution in [0.2, 0.25) is 0 Å². The lowest BCUT2D eigenvalue weighted by molar-refractivity contribution is -0.140. The van der Waals surface area contributed by atoms with Crippen LogP contribution in [0.15, 0.2) is 36.4 Å². The molecule has 4 rings (SSSR count). The van der Waals surface area contributed by atoms with Gasteiger partial charge in [0, 0.05) is 29.8 Å². The van der Waals surface area contributed by atoms with Gasteiger partial charge >= 0.3 is 6.18 Å². The van der Waals surface area contributed by atoms with Crippen molar-refractivity contribution in [2.75, 3.05) is 25.0 Å². The molecule has 0 saturated carbocycles. The number of alkyl halides is 3. The zero-order chi connectivity index (χ0) is 20.2. The van der Waals surface area contributed by atoms with Gasteiger partial charge in [0.05, 0.1) is 5.56 Å². The Hall–Kier alpha value is -2.41. The van der Waals surface area contributed by atoms with Gasteiger partial charge in [-0.3, -0.25) is 4.79 Å². The summed E-state index contributed by atoms with van der Waals surface area (Å²) in [6.45, 7) is 3.55. The van der Waals surface area contributed by atoms with E-state index in [1.807, 2.05) is 32.2 Å². The average molecular weight is 392 g/mol. The number of hydrogen-bond acceptors (Lipinski definition) is 2. The second-order valence-electron chi connectivity index (χ2n) is 7.65. The number of halogens is 4. The molecule has 1 fully saturated rings. The number of likely N-dealkylation sites (N-methyl/N-ethyl adjacent to an activating group) is 1. The Morgan fingerprint density at radius 3 is 2.61 bits per heavy atom. The molecule has 7 heteroatoms. The Morgan fingerprint density at radius 1 is 1.14 bits per heavy atom. The molecule has 0 N–H and O–H groups in total. The van der Waals surface area contributed by atoms with Crippen LogP contribution in [0.3, 0.4) is 0 Å². The maximum absolute atomic E-state index is 13.7. The van der Waals surface area contributed by atoms with Crippen molar-refractivity contribution in [1.29, 1.82) is 0 Å². The quantitative estimate of drug-likeness (QED) is 0.663. The van der Waals surface area contributed by atoms with Crippen molar-refractivity contribution in [3.63, 3.8) is 0 Å². The molecule has 2 heterocycles. The molecule has 2 aromatic carbocycles. The van der Waals surface area contributed by atoms with Gasteiger partial charge in [-0.05, 0) is 56.8 Å². The average Bonchev–Trinajstić information content (AvgIpc) is 2.93. The van der Waals surface area contributed by atoms with E-state index in [-0.39, 0.29) is 17.5 Å². The maximum atomic E-state index is 13.7. The summed E-state index contributed by atoms with van der Waals surface area (Å²) in [7, 11) is 2.02. The Balaban J connectivity index is 1.78. The van der Waals surface area contributed by atoms with Crippen LogP contribution < -0.4 is 4.90 Å². The van der Waals surface area contributed by atoms with Crippen LogP contribution in [-0.4, -0.2) is 37.0 Å². The Kier molecular flexibility index (Phi) is 4.45. The van der Waals surface area contributed by atoms with Crippen LogP contribution in [0.4, 0.5) is 23.2 Å². The third kappa shape index (κ3) is 3.07. The SMILES string of the molecule is Cc1ccc2c(c1)[C@@H]1CN(C)CC[C@@H]1N2C(=O)c1ccc(F)c(C(F)(F)F)c1. The number of amides is 1. The summed E-state index contributed by atoms with van der Waals surface area (Å²) in [6, 6.07) is 8.15. The summed E-state index contributed by atoms with van der Waals surface area (Å²) >= 11 is 0. The summed E-state index contributed by atoms with van der Waals surface area (Å²) in [5.41, 5.74) is 1.28. The summed E-state index contributed by atoms with van der Waals surface area (Å²) in [6.07, 6.45) is -4.12. The fourth-order valence-corrected chi connectivity index (χ4v) is 4.36. The minimum absolute atomic E-state index is 0.111. The molecule has 0 spiro atoms. The van der Waals surface area contributed by atoms with Crippen molar-refractivity contribution in [1.82, 2.24) is 4.90 Å². The molecule has 148 valence electrons. The van der Waals surface area contributed by atoms with Crippen molar-refractivity contribution in [2.24, 2.45) is 0 Å². The van der Waals surface area contributed by atoms with Gasteiger partial charge in [-0.15, -0.1) is 0 Å². The second kappa shape index (κ2) is 6.58. The number of piperidine rings is 1. The van der Waals surface area contributed by atoms with Gasteiger partial charge in [0.2, 0.25) is 0 Å². The molecule has 2 aromatic rings. The monoisotopic (exact) mass is 392 g/mol. The molecule has 0 aliphatic carbocycles. The van der Waals surface area contributed by atoms with Crippen molar-refractivity contribution in [3.05, 3.63) is 64.5 Å². The van der Waals surface area contributed by atoms with Crippen LogP contribution >= 0.6 is 0 Å². The Bertz CT molecular complexity index is 940. The zero-order valence-corrected chi connectivity index (χ0v) is 15.6. The minimum Gasteiger partial charge on any atom is -0.306 e. The maximum Gasteiger partial charge on any atom is 0.419 e. The van der Waals surface area contributed by atoms with Gasteiger partial charge < -0.3 is 9.80 Å². The number of fused-ring (bicyclic) bond motifs is 3. The molecule has 28 heavy (non-hydrogen) atoms. The number of rotatable bonds is 1. The number of benzene rings is 2. The van der Waals surface area contributed by atoms with Crippen molar-refractivity contribution >= 4 is 11.6 Å². The molecule has 2 aliphatic rings. The molecular weight excluding hydrogens is 372 g/mol. The number of carbonyl (C=O) groups is 1. The molecule has 0 radical (unpaired) electrons. The Morgan fingerprint density at radius 2 is 1.89 bits per heavy atom. The van der Waals surface area contributed by atoms with E-state index >= 15 is 0 Å². The highest BCUT2D eigenvalue weighted by Crippen LogP contribution is 2.45. The van der Waals surface area contributed by atoms with Crippen molar-refractivity contribution < 1.29 is 22.4 Å². The van der Waals surface area contributed by atoms with E-state index in [4.69, 9.17) is 0 Å². The van der Waals surface area contributed by atoms with Gasteiger partial charge in [-0.1, -0.05) is 17.7 Å². The largest absolute Gasteiger partial charge is 0.419 e. The first-order valence-electron chi connectivity index (χ1n) is 9.16. The van der Waals surface area contributed by atoms with Gasteiger partial charge in [0.1, 0.15) is 5.82 Å². The molecule has 3 nitrogen and oxygen atoms in total. The fourth-order valence-electron chi connectivity index (χ4n) is 4.36. The highest BCUT2D eigenvalue weighted by atomic mass is 19.4. The molecule has 2 atom stereocenters. The summed E-state index contributed by atoms with van der Waals surface area (Å²) in [4.78, 5) is 17.1. The smallest absolute Gasteiger partial charge is 0.306 e. The van der Waals surface area contributed by atoms with Crippen LogP contribution in [0.1, 0.15) is 39.4 Å². The summed E-state index contributed by atoms with van der Waals surface area (Å²) in [5, 5.41) is 0. The van der Waals surface area contributed by atoms with E-state index < -0.39 is 23.5 Å². The number of carbonyl (C=O) groups excluding carboxylic acids is 1. The van der Waals surface area contributed by atoms with E-state index in [0.717, 1.165) is 42.4 Å². The number of nitrogens with zero attached hydrogens (tertiary/aromatic N) is 2. The number of likely N-dealkylation sites (tertiary alicyclic amines) is 1. The lowest BCUT2D eigenvalue weighted by Gasteiger charge is -2.36. The first-order chi connectivity index (χ1) is 13.2. The third-order valence-electron chi connectivity index (χ3n) is 5.69. The first-order valence-corrected chi connectivity index (χ1v) is 9.16. The molecule has 1 saturated heterocycles. The molecular formula is C21H20F4N2O. The second-order valence-corrected chi connectivity index (χ2v) is 7.65. The van der Waals surface area contributed by atoms with Crippen molar-refractivity contribution in [2.45, 2.75) is 31.5 Å². The third-order valence-corrected chi connectivity index (χ3v) is 5.69. The molecule has 1 amide bonds. The van der Waals surface area contributed by atoms with Crippen LogP contribution in [0.5, 0.6) is 0 Å². The predicted molar refractivity (Wildman–Crippen MR) is 98.0 cm³/mol. The van der Waals surface area contributed by atoms with Gasteiger partial charge in [0.25, 0.3) is 5.91 Å². The molecule has 2 aliphatic heterocycles. The van der Waals surface area contributed by atoms with E-state index in [0.29, 0.717) is 12.1 Å². The van der Waals surface area contributed by atoms with E-state index in [2.05, 4.69) is 4.90 Å². The van der Waals surface area contributed by atoms with Crippen LogP contribution in [0, 0.1) is 12.7 Å². The van der Waals surface area contributed by atoms with Crippen LogP contribution in [0.25, 0.3) is 0 Å². The molecule has 0 bridgehead atoms.